The number of para-hydroxylation sites is 2. The van der Waals surface area contributed by atoms with Gasteiger partial charge in [0.1, 0.15) is 24.3 Å². The molecular weight excluding hydrogens is 765 g/mol. The van der Waals surface area contributed by atoms with Crippen LogP contribution in [0.25, 0.3) is 0 Å². The number of aromatic nitrogens is 6. The fraction of sp³-hybridized carbons (Fsp3) is 0.294. The van der Waals surface area contributed by atoms with Crippen LogP contribution in [0.3, 0.4) is 0 Å². The van der Waals surface area contributed by atoms with Crippen molar-refractivity contribution in [2.24, 2.45) is 11.3 Å². The molecule has 0 bridgehead atoms. The predicted molar refractivity (Wildman–Crippen MR) is 210 cm³/mol. The van der Waals surface area contributed by atoms with Crippen molar-refractivity contribution in [3.8, 4) is 5.75 Å². The van der Waals surface area contributed by atoms with E-state index < -0.39 is 14.3 Å². The number of halogens is 3. The minimum absolute atomic E-state index is 0.0647. The second-order valence-electron chi connectivity index (χ2n) is 13.5. The molecule has 270 valence electrons. The van der Waals surface area contributed by atoms with E-state index >= 15 is 0 Å². The minimum atomic E-state index is -2.77. The van der Waals surface area contributed by atoms with Gasteiger partial charge in [-0.05, 0) is 68.2 Å². The molecule has 1 saturated carbocycles. The Morgan fingerprint density at radius 2 is 1.44 bits per heavy atom. The van der Waals surface area contributed by atoms with Crippen LogP contribution in [-0.4, -0.2) is 76.5 Å². The first-order valence-electron chi connectivity index (χ1n) is 16.2. The molecule has 1 spiro atoms. The molecule has 13 nitrogen and oxygen atoms in total. The van der Waals surface area contributed by atoms with Gasteiger partial charge in [0.05, 0.1) is 30.9 Å². The summed E-state index contributed by atoms with van der Waals surface area (Å²) in [7, 11) is -3.79. The first-order chi connectivity index (χ1) is 24.7. The van der Waals surface area contributed by atoms with E-state index in [0.717, 1.165) is 24.8 Å². The molecule has 1 saturated heterocycles. The Morgan fingerprint density at radius 3 is 2.12 bits per heavy atom. The summed E-state index contributed by atoms with van der Waals surface area (Å²) in [6, 6.07) is 16.7. The summed E-state index contributed by atoms with van der Waals surface area (Å²) < 4.78 is 32.8. The van der Waals surface area contributed by atoms with E-state index in [0.29, 0.717) is 67.8 Å². The molecule has 2 aliphatic rings. The number of hydrogen-bond donors (Lipinski definition) is 3. The van der Waals surface area contributed by atoms with Crippen LogP contribution in [0.2, 0.25) is 15.3 Å². The van der Waals surface area contributed by atoms with Gasteiger partial charge in [-0.3, -0.25) is 0 Å². The first-order valence-corrected chi connectivity index (χ1v) is 22.3. The van der Waals surface area contributed by atoms with Gasteiger partial charge in [0.2, 0.25) is 11.2 Å². The molecule has 7 rings (SSSR count). The van der Waals surface area contributed by atoms with Gasteiger partial charge >= 0.3 is 0 Å². The average molecular weight is 800 g/mol. The molecule has 0 radical (unpaired) electrons. The summed E-state index contributed by atoms with van der Waals surface area (Å²) in [5, 5.41) is 20.4. The van der Waals surface area contributed by atoms with Crippen molar-refractivity contribution >= 4 is 100 Å². The molecule has 2 unspecified atom stereocenters. The van der Waals surface area contributed by atoms with Gasteiger partial charge in [0.15, 0.2) is 29.0 Å². The number of anilines is 7. The number of ether oxygens (including phenoxy) is 1. The summed E-state index contributed by atoms with van der Waals surface area (Å²) in [5.41, 5.74) is 1.40. The second kappa shape index (κ2) is 14.1. The third-order valence-electron chi connectivity index (χ3n) is 9.32. The van der Waals surface area contributed by atoms with Crippen LogP contribution in [0.4, 0.5) is 40.6 Å². The van der Waals surface area contributed by atoms with E-state index in [2.05, 4.69) is 51.0 Å². The van der Waals surface area contributed by atoms with Crippen LogP contribution in [0.1, 0.15) is 6.42 Å². The highest BCUT2D eigenvalue weighted by Gasteiger charge is 2.62. The van der Waals surface area contributed by atoms with E-state index in [-0.39, 0.29) is 16.6 Å². The van der Waals surface area contributed by atoms with Crippen LogP contribution in [0.5, 0.6) is 5.75 Å². The van der Waals surface area contributed by atoms with Gasteiger partial charge in [-0.15, -0.1) is 10.2 Å². The zero-order chi connectivity index (χ0) is 36.8. The Hall–Kier alpha value is -3.99. The Balaban J connectivity index is 1.00. The van der Waals surface area contributed by atoms with Gasteiger partial charge in [-0.1, -0.05) is 47.5 Å². The maximum absolute atomic E-state index is 14.2. The number of hydrogen-bond acceptors (Lipinski definition) is 13. The van der Waals surface area contributed by atoms with Gasteiger partial charge in [-0.2, -0.15) is 9.97 Å². The molecule has 52 heavy (non-hydrogen) atoms. The van der Waals surface area contributed by atoms with Crippen LogP contribution >= 0.6 is 49.1 Å². The Morgan fingerprint density at radius 1 is 0.827 bits per heavy atom. The highest BCUT2D eigenvalue weighted by atomic mass is 35.5. The van der Waals surface area contributed by atoms with Gasteiger partial charge in [0, 0.05) is 41.3 Å². The van der Waals surface area contributed by atoms with Crippen molar-refractivity contribution < 1.29 is 13.9 Å². The van der Waals surface area contributed by atoms with Gasteiger partial charge in [-0.25, -0.2) is 9.97 Å². The summed E-state index contributed by atoms with van der Waals surface area (Å²) >= 11 is 18.7. The fourth-order valence-corrected chi connectivity index (χ4v) is 10.7. The number of rotatable bonds is 12. The standard InChI is InChI=1S/C34H35Cl3N10O3P2/c1-50-25-13-28(45-46-31(25)44-33-39-16-22(36)30(43-33)40-23-9-5-7-11-26(23)51(2,3)48)47-18-34(19-47)14-20(34)17-52(4,49)27-12-8-6-10-24(27)41-29-21(35)15-38-32(37)42-29/h5-13,15-16,20H,14,17-19H2,1-4H3,(H,38,41,42)(H2,39,40,43,44,46). The number of nitrogens with one attached hydrogen (secondary N) is 3. The monoisotopic (exact) mass is 798 g/mol. The van der Waals surface area contributed by atoms with E-state index in [9.17, 15) is 9.13 Å². The third-order valence-corrected chi connectivity index (χ3v) is 14.2. The topological polar surface area (TPSA) is 160 Å². The Labute approximate surface area is 316 Å². The molecule has 2 fully saturated rings. The lowest BCUT2D eigenvalue weighted by atomic mass is 9.94. The third kappa shape index (κ3) is 7.56. The SMILES string of the molecule is COc1cc(N2CC3(CC3CP(C)(=O)c3ccccc3Nc3nc(Cl)ncc3Cl)C2)nnc1Nc1ncc(Cl)c(Nc2ccccc2P(C)(C)=O)n1. The summed E-state index contributed by atoms with van der Waals surface area (Å²) in [4.78, 5) is 19.1. The Bertz CT molecular complexity index is 2270. The molecule has 2 aromatic carbocycles. The first kappa shape index (κ1) is 36.4. The smallest absolute Gasteiger partial charge is 0.230 e. The molecule has 1 aliphatic carbocycles. The van der Waals surface area contributed by atoms with Crippen LogP contribution in [-0.2, 0) is 9.13 Å². The van der Waals surface area contributed by atoms with Crippen molar-refractivity contribution in [3.63, 3.8) is 0 Å². The number of nitrogens with zero attached hydrogens (tertiary/aromatic N) is 7. The minimum Gasteiger partial charge on any atom is -0.493 e. The molecule has 0 amide bonds. The van der Waals surface area contributed by atoms with Crippen LogP contribution in [0, 0.1) is 11.3 Å². The molecule has 18 heteroatoms. The normalized spacial score (nSPS) is 17.2. The van der Waals surface area contributed by atoms with E-state index in [1.54, 1.807) is 20.4 Å². The van der Waals surface area contributed by atoms with Crippen molar-refractivity contribution in [1.29, 1.82) is 0 Å². The van der Waals surface area contributed by atoms with E-state index in [1.807, 2.05) is 61.3 Å². The predicted octanol–water partition coefficient (Wildman–Crippen LogP) is 7.65. The van der Waals surface area contributed by atoms with Gasteiger partial charge < -0.3 is 34.7 Å². The second-order valence-corrected chi connectivity index (χ2v) is 20.9. The summed E-state index contributed by atoms with van der Waals surface area (Å²) in [5.74, 6) is 2.68. The quantitative estimate of drug-likeness (QED) is 0.0835. The highest BCUT2D eigenvalue weighted by Crippen LogP contribution is 2.64. The summed E-state index contributed by atoms with van der Waals surface area (Å²) in [6.07, 6.45) is 4.46. The van der Waals surface area contributed by atoms with Crippen molar-refractivity contribution in [2.75, 3.05) is 67.2 Å². The van der Waals surface area contributed by atoms with Crippen LogP contribution < -0.4 is 36.2 Å². The molecular formula is C34H35Cl3N10O3P2. The number of benzene rings is 2. The van der Waals surface area contributed by atoms with Crippen molar-refractivity contribution in [3.05, 3.63) is 82.3 Å². The molecule has 3 aromatic heterocycles. The molecule has 4 heterocycles. The Kier molecular flexibility index (Phi) is 9.86. The zero-order valence-electron chi connectivity index (χ0n) is 28.6. The van der Waals surface area contributed by atoms with Crippen molar-refractivity contribution in [2.45, 2.75) is 6.42 Å². The lowest BCUT2D eigenvalue weighted by Crippen LogP contribution is -2.50. The average Bonchev–Trinajstić information content (AvgIpc) is 3.80. The number of methoxy groups -OCH3 is 1. The maximum atomic E-state index is 14.2. The lowest BCUT2D eigenvalue weighted by molar-refractivity contribution is 0.352. The summed E-state index contributed by atoms with van der Waals surface area (Å²) in [6.45, 7) is 6.80. The molecule has 5 aromatic rings. The zero-order valence-corrected chi connectivity index (χ0v) is 32.7. The molecule has 3 N–H and O–H groups in total. The van der Waals surface area contributed by atoms with E-state index in [1.165, 1.54) is 12.4 Å². The van der Waals surface area contributed by atoms with Gasteiger partial charge in [0.25, 0.3) is 0 Å². The van der Waals surface area contributed by atoms with Crippen LogP contribution in [0.15, 0.2) is 67.0 Å². The highest BCUT2D eigenvalue weighted by molar-refractivity contribution is 7.71. The van der Waals surface area contributed by atoms with Crippen molar-refractivity contribution in [1.82, 2.24) is 30.1 Å². The molecule has 2 atom stereocenters. The fourth-order valence-electron chi connectivity index (χ4n) is 6.58. The largest absolute Gasteiger partial charge is 0.493 e. The maximum Gasteiger partial charge on any atom is 0.230 e. The van der Waals surface area contributed by atoms with E-state index in [4.69, 9.17) is 39.5 Å². The lowest BCUT2D eigenvalue weighted by Gasteiger charge is -2.42. The molecule has 1 aliphatic heterocycles.